The second-order valence-corrected chi connectivity index (χ2v) is 5.47. The van der Waals surface area contributed by atoms with E-state index in [0.717, 1.165) is 30.5 Å². The van der Waals surface area contributed by atoms with Crippen LogP contribution in [0.15, 0.2) is 9.59 Å². The van der Waals surface area contributed by atoms with Crippen LogP contribution >= 0.6 is 0 Å². The molecule has 2 rings (SSSR count). The summed E-state index contributed by atoms with van der Waals surface area (Å²) in [6.07, 6.45) is 2.83. The lowest BCUT2D eigenvalue weighted by atomic mass is 10.1. The number of carbonyl (C=O) groups is 1. The van der Waals surface area contributed by atoms with Gasteiger partial charge < -0.3 is 5.73 Å². The molecule has 1 aliphatic heterocycles. The van der Waals surface area contributed by atoms with Gasteiger partial charge in [0, 0.05) is 13.6 Å². The number of rotatable bonds is 5. The average molecular weight is 294 g/mol. The van der Waals surface area contributed by atoms with Crippen LogP contribution in [-0.2, 0) is 13.6 Å². The second kappa shape index (κ2) is 6.26. The molecule has 1 aromatic rings. The van der Waals surface area contributed by atoms with Crippen LogP contribution < -0.4 is 17.0 Å². The number of anilines is 1. The third-order valence-corrected chi connectivity index (χ3v) is 3.88. The van der Waals surface area contributed by atoms with Gasteiger partial charge in [0.15, 0.2) is 5.78 Å². The molecule has 0 aromatic carbocycles. The van der Waals surface area contributed by atoms with Crippen molar-refractivity contribution in [2.45, 2.75) is 32.7 Å². The molecule has 21 heavy (non-hydrogen) atoms. The Kier molecular flexibility index (Phi) is 4.62. The Labute approximate surface area is 123 Å². The van der Waals surface area contributed by atoms with E-state index in [1.165, 1.54) is 11.6 Å². The van der Waals surface area contributed by atoms with Gasteiger partial charge in [0.05, 0.1) is 6.54 Å². The van der Waals surface area contributed by atoms with E-state index in [2.05, 4.69) is 0 Å². The van der Waals surface area contributed by atoms with Crippen LogP contribution in [-0.4, -0.2) is 39.5 Å². The molecule has 2 heterocycles. The zero-order valence-electron chi connectivity index (χ0n) is 12.6. The fourth-order valence-electron chi connectivity index (χ4n) is 2.71. The summed E-state index contributed by atoms with van der Waals surface area (Å²) >= 11 is 0. The lowest BCUT2D eigenvalue weighted by Gasteiger charge is -2.16. The van der Waals surface area contributed by atoms with Crippen LogP contribution in [0.3, 0.4) is 0 Å². The Morgan fingerprint density at radius 1 is 1.24 bits per heavy atom. The summed E-state index contributed by atoms with van der Waals surface area (Å²) in [6.45, 7) is 4.20. The molecule has 0 spiro atoms. The first-order valence-corrected chi connectivity index (χ1v) is 7.32. The molecule has 116 valence electrons. The van der Waals surface area contributed by atoms with Gasteiger partial charge in [-0.3, -0.25) is 23.6 Å². The van der Waals surface area contributed by atoms with Gasteiger partial charge in [-0.2, -0.15) is 0 Å². The van der Waals surface area contributed by atoms with E-state index < -0.39 is 11.2 Å². The Balaban J connectivity index is 2.44. The van der Waals surface area contributed by atoms with Crippen LogP contribution in [0.5, 0.6) is 0 Å². The largest absolute Gasteiger partial charge is 0.384 e. The van der Waals surface area contributed by atoms with Gasteiger partial charge in [0.2, 0.25) is 0 Å². The molecule has 1 aromatic heterocycles. The van der Waals surface area contributed by atoms with E-state index in [1.54, 1.807) is 0 Å². The van der Waals surface area contributed by atoms with E-state index in [0.29, 0.717) is 13.0 Å². The molecule has 2 N–H and O–H groups in total. The fourth-order valence-corrected chi connectivity index (χ4v) is 2.71. The Hall–Kier alpha value is -1.89. The number of nitrogens with two attached hydrogens (primary N) is 1. The first-order valence-electron chi connectivity index (χ1n) is 7.32. The lowest BCUT2D eigenvalue weighted by molar-refractivity contribution is 0.0943. The molecule has 0 radical (unpaired) electrons. The first kappa shape index (κ1) is 15.5. The number of aromatic nitrogens is 2. The maximum atomic E-state index is 12.4. The Morgan fingerprint density at radius 2 is 1.86 bits per heavy atom. The van der Waals surface area contributed by atoms with Gasteiger partial charge >= 0.3 is 5.69 Å². The van der Waals surface area contributed by atoms with E-state index in [4.69, 9.17) is 5.73 Å². The number of carbonyl (C=O) groups excluding carboxylic acids is 1. The van der Waals surface area contributed by atoms with Gasteiger partial charge in [0.1, 0.15) is 11.4 Å². The molecule has 0 bridgehead atoms. The molecule has 1 fully saturated rings. The number of ketones is 1. The Morgan fingerprint density at radius 3 is 2.43 bits per heavy atom. The normalized spacial score (nSPS) is 15.5. The minimum absolute atomic E-state index is 0.00542. The molecule has 7 nitrogen and oxygen atoms in total. The van der Waals surface area contributed by atoms with Crippen molar-refractivity contribution in [3.8, 4) is 0 Å². The molecule has 0 atom stereocenters. The van der Waals surface area contributed by atoms with Gasteiger partial charge in [0.25, 0.3) is 5.56 Å². The van der Waals surface area contributed by atoms with E-state index in [-0.39, 0.29) is 23.7 Å². The van der Waals surface area contributed by atoms with Crippen molar-refractivity contribution < 1.29 is 4.79 Å². The minimum Gasteiger partial charge on any atom is -0.384 e. The minimum atomic E-state index is -0.603. The molecule has 0 amide bonds. The number of hydrogen-bond donors (Lipinski definition) is 1. The molecule has 7 heteroatoms. The summed E-state index contributed by atoms with van der Waals surface area (Å²) in [4.78, 5) is 38.7. The van der Waals surface area contributed by atoms with Crippen LogP contribution in [0.1, 0.15) is 36.5 Å². The molecule has 1 saturated heterocycles. The number of Topliss-reactive ketones (excluding diaryl/α,β-unsaturated/α-hetero) is 1. The molecule has 1 aliphatic rings. The van der Waals surface area contributed by atoms with Crippen molar-refractivity contribution in [2.75, 3.05) is 25.4 Å². The van der Waals surface area contributed by atoms with Crippen LogP contribution in [0.4, 0.5) is 5.82 Å². The average Bonchev–Trinajstić information content (AvgIpc) is 2.94. The second-order valence-electron chi connectivity index (χ2n) is 5.47. The summed E-state index contributed by atoms with van der Waals surface area (Å²) in [5.74, 6) is -0.311. The predicted molar refractivity (Wildman–Crippen MR) is 80.7 cm³/mol. The zero-order valence-corrected chi connectivity index (χ0v) is 12.6. The first-order chi connectivity index (χ1) is 9.97. The number of hydrogen-bond acceptors (Lipinski definition) is 5. The third-order valence-electron chi connectivity index (χ3n) is 3.88. The molecule has 0 unspecified atom stereocenters. The fraction of sp³-hybridized carbons (Fsp3) is 0.643. The molecular formula is C14H22N4O3. The maximum absolute atomic E-state index is 12.4. The van der Waals surface area contributed by atoms with Gasteiger partial charge in [-0.25, -0.2) is 4.79 Å². The summed E-state index contributed by atoms with van der Waals surface area (Å²) in [6, 6.07) is 0. The summed E-state index contributed by atoms with van der Waals surface area (Å²) in [7, 11) is 1.38. The highest BCUT2D eigenvalue weighted by Crippen LogP contribution is 2.11. The smallest absolute Gasteiger partial charge is 0.332 e. The van der Waals surface area contributed by atoms with E-state index in [1.807, 2.05) is 11.8 Å². The summed E-state index contributed by atoms with van der Waals surface area (Å²) in [5, 5.41) is 0. The summed E-state index contributed by atoms with van der Waals surface area (Å²) in [5.41, 5.74) is 4.79. The predicted octanol–water partition coefficient (Wildman–Crippen LogP) is -0.182. The number of likely N-dealkylation sites (tertiary alicyclic amines) is 1. The highest BCUT2D eigenvalue weighted by atomic mass is 16.2. The molecular weight excluding hydrogens is 272 g/mol. The van der Waals surface area contributed by atoms with E-state index in [9.17, 15) is 14.4 Å². The highest BCUT2D eigenvalue weighted by molar-refractivity contribution is 6.01. The maximum Gasteiger partial charge on any atom is 0.332 e. The van der Waals surface area contributed by atoms with Crippen molar-refractivity contribution in [3.05, 3.63) is 26.4 Å². The van der Waals surface area contributed by atoms with Crippen molar-refractivity contribution in [1.82, 2.24) is 14.0 Å². The topological polar surface area (TPSA) is 90.3 Å². The lowest BCUT2D eigenvalue weighted by Crippen LogP contribution is -2.44. The number of nitrogens with zero attached hydrogens (tertiary/aromatic N) is 3. The van der Waals surface area contributed by atoms with Gasteiger partial charge in [-0.05, 0) is 32.4 Å². The quantitative estimate of drug-likeness (QED) is 0.761. The van der Waals surface area contributed by atoms with Gasteiger partial charge in [-0.1, -0.05) is 6.92 Å². The molecule has 0 saturated carbocycles. The third kappa shape index (κ3) is 2.92. The molecule has 0 aliphatic carbocycles. The van der Waals surface area contributed by atoms with Crippen molar-refractivity contribution in [3.63, 3.8) is 0 Å². The highest BCUT2D eigenvalue weighted by Gasteiger charge is 2.24. The summed E-state index contributed by atoms with van der Waals surface area (Å²) < 4.78 is 2.27. The van der Waals surface area contributed by atoms with Crippen LogP contribution in [0.2, 0.25) is 0 Å². The van der Waals surface area contributed by atoms with Crippen LogP contribution in [0.25, 0.3) is 0 Å². The van der Waals surface area contributed by atoms with Gasteiger partial charge in [-0.15, -0.1) is 0 Å². The SMILES string of the molecule is CCCn1c(N)c(C(=O)CN2CCCC2)c(=O)n(C)c1=O. The van der Waals surface area contributed by atoms with Crippen molar-refractivity contribution in [2.24, 2.45) is 7.05 Å². The van der Waals surface area contributed by atoms with Crippen molar-refractivity contribution in [1.29, 1.82) is 0 Å². The number of nitrogen functional groups attached to an aromatic ring is 1. The standard InChI is InChI=1S/C14H22N4O3/c1-3-6-18-12(15)11(13(20)16(2)14(18)21)10(19)9-17-7-4-5-8-17/h3-9,15H2,1-2H3. The Bertz CT molecular complexity index is 653. The van der Waals surface area contributed by atoms with Crippen molar-refractivity contribution >= 4 is 11.6 Å². The monoisotopic (exact) mass is 294 g/mol. The van der Waals surface area contributed by atoms with E-state index >= 15 is 0 Å². The van der Waals surface area contributed by atoms with Crippen LogP contribution in [0, 0.1) is 0 Å². The zero-order chi connectivity index (χ0) is 15.6.